The third-order valence-electron chi connectivity index (χ3n) is 3.80. The molecule has 0 aliphatic carbocycles. The Bertz CT molecular complexity index is 486. The lowest BCUT2D eigenvalue weighted by Crippen LogP contribution is -2.16. The van der Waals surface area contributed by atoms with Crippen LogP contribution in [0.25, 0.3) is 0 Å². The molecule has 1 aromatic rings. The standard InChI is InChI=1S/C18H28O5/c1-3-4-5-8-14(19)9-6-7-13(2)23-18(22)16-11-10-15(20)12-17(16)21/h10-14,19-21H,3-9H2,1-2H3/t13-,14-/m0/s1. The van der Waals surface area contributed by atoms with Gasteiger partial charge in [-0.15, -0.1) is 0 Å². The zero-order valence-corrected chi connectivity index (χ0v) is 14.0. The number of rotatable bonds is 10. The Labute approximate surface area is 137 Å². The fourth-order valence-corrected chi connectivity index (χ4v) is 2.41. The van der Waals surface area contributed by atoms with E-state index in [0.29, 0.717) is 12.8 Å². The first-order valence-corrected chi connectivity index (χ1v) is 8.35. The van der Waals surface area contributed by atoms with Crippen LogP contribution in [0, 0.1) is 0 Å². The Morgan fingerprint density at radius 3 is 2.48 bits per heavy atom. The molecule has 1 aromatic carbocycles. The van der Waals surface area contributed by atoms with Crippen molar-refractivity contribution in [1.29, 1.82) is 0 Å². The van der Waals surface area contributed by atoms with Gasteiger partial charge in [-0.25, -0.2) is 4.79 Å². The van der Waals surface area contributed by atoms with Gasteiger partial charge in [0.05, 0.1) is 12.2 Å². The number of ether oxygens (including phenoxy) is 1. The van der Waals surface area contributed by atoms with Crippen LogP contribution >= 0.6 is 0 Å². The molecule has 0 amide bonds. The number of aromatic hydroxyl groups is 2. The van der Waals surface area contributed by atoms with Crippen LogP contribution in [0.3, 0.4) is 0 Å². The van der Waals surface area contributed by atoms with E-state index in [1.54, 1.807) is 6.92 Å². The molecule has 0 unspecified atom stereocenters. The van der Waals surface area contributed by atoms with Crippen LogP contribution in [0.15, 0.2) is 18.2 Å². The summed E-state index contributed by atoms with van der Waals surface area (Å²) >= 11 is 0. The SMILES string of the molecule is CCCCC[C@H](O)CCC[C@H](C)OC(=O)c1ccc(O)cc1O. The van der Waals surface area contributed by atoms with Crippen molar-refractivity contribution in [2.45, 2.75) is 71.0 Å². The molecule has 5 heteroatoms. The average Bonchev–Trinajstić information content (AvgIpc) is 2.47. The van der Waals surface area contributed by atoms with Crippen molar-refractivity contribution < 1.29 is 24.9 Å². The van der Waals surface area contributed by atoms with E-state index in [2.05, 4.69) is 6.92 Å². The minimum atomic E-state index is -0.613. The van der Waals surface area contributed by atoms with E-state index < -0.39 is 5.97 Å². The molecular weight excluding hydrogens is 296 g/mol. The van der Waals surface area contributed by atoms with Crippen LogP contribution in [0.1, 0.15) is 69.2 Å². The highest BCUT2D eigenvalue weighted by Crippen LogP contribution is 2.24. The second-order valence-electron chi connectivity index (χ2n) is 6.00. The molecular formula is C18H28O5. The summed E-state index contributed by atoms with van der Waals surface area (Å²) in [6.07, 6.45) is 5.72. The van der Waals surface area contributed by atoms with Gasteiger partial charge in [0.2, 0.25) is 0 Å². The lowest BCUT2D eigenvalue weighted by molar-refractivity contribution is 0.0307. The number of aliphatic hydroxyl groups is 1. The molecule has 0 spiro atoms. The Balaban J connectivity index is 2.30. The third kappa shape index (κ3) is 7.37. The smallest absolute Gasteiger partial charge is 0.342 e. The maximum atomic E-state index is 11.9. The number of hydrogen-bond donors (Lipinski definition) is 3. The molecule has 0 aliphatic heterocycles. The highest BCUT2D eigenvalue weighted by molar-refractivity contribution is 5.92. The van der Waals surface area contributed by atoms with E-state index in [9.17, 15) is 20.1 Å². The fraction of sp³-hybridized carbons (Fsp3) is 0.611. The van der Waals surface area contributed by atoms with Crippen LogP contribution < -0.4 is 0 Å². The maximum Gasteiger partial charge on any atom is 0.342 e. The molecule has 23 heavy (non-hydrogen) atoms. The predicted octanol–water partition coefficient (Wildman–Crippen LogP) is 3.75. The number of phenols is 2. The second-order valence-corrected chi connectivity index (χ2v) is 6.00. The van der Waals surface area contributed by atoms with E-state index in [4.69, 9.17) is 4.74 Å². The van der Waals surface area contributed by atoms with Crippen LogP contribution in [0.5, 0.6) is 11.5 Å². The Morgan fingerprint density at radius 2 is 1.83 bits per heavy atom. The van der Waals surface area contributed by atoms with Gasteiger partial charge < -0.3 is 20.1 Å². The first-order valence-electron chi connectivity index (χ1n) is 8.35. The van der Waals surface area contributed by atoms with Crippen molar-refractivity contribution in [3.8, 4) is 11.5 Å². The van der Waals surface area contributed by atoms with Gasteiger partial charge in [-0.2, -0.15) is 0 Å². The molecule has 3 N–H and O–H groups in total. The van der Waals surface area contributed by atoms with Gasteiger partial charge in [-0.1, -0.05) is 26.2 Å². The molecule has 0 fully saturated rings. The molecule has 0 radical (unpaired) electrons. The van der Waals surface area contributed by atoms with Gasteiger partial charge in [0.15, 0.2) is 0 Å². The van der Waals surface area contributed by atoms with Crippen LogP contribution in [-0.2, 0) is 4.74 Å². The zero-order valence-electron chi connectivity index (χ0n) is 14.0. The number of aliphatic hydroxyl groups excluding tert-OH is 1. The molecule has 0 saturated heterocycles. The zero-order chi connectivity index (χ0) is 17.2. The number of esters is 1. The molecule has 0 bridgehead atoms. The van der Waals surface area contributed by atoms with E-state index >= 15 is 0 Å². The molecule has 5 nitrogen and oxygen atoms in total. The highest BCUT2D eigenvalue weighted by atomic mass is 16.5. The van der Waals surface area contributed by atoms with Crippen LogP contribution in [-0.4, -0.2) is 33.5 Å². The normalized spacial score (nSPS) is 13.5. The van der Waals surface area contributed by atoms with Crippen molar-refractivity contribution in [1.82, 2.24) is 0 Å². The Hall–Kier alpha value is -1.75. The van der Waals surface area contributed by atoms with Crippen molar-refractivity contribution in [2.75, 3.05) is 0 Å². The summed E-state index contributed by atoms with van der Waals surface area (Å²) in [4.78, 5) is 11.9. The van der Waals surface area contributed by atoms with Crippen molar-refractivity contribution in [3.05, 3.63) is 23.8 Å². The summed E-state index contributed by atoms with van der Waals surface area (Å²) in [6, 6.07) is 3.76. The van der Waals surface area contributed by atoms with Gasteiger partial charge in [0.25, 0.3) is 0 Å². The molecule has 0 heterocycles. The molecule has 0 saturated carbocycles. The van der Waals surface area contributed by atoms with Crippen LogP contribution in [0.4, 0.5) is 0 Å². The lowest BCUT2D eigenvalue weighted by Gasteiger charge is -2.15. The van der Waals surface area contributed by atoms with Crippen LogP contribution in [0.2, 0.25) is 0 Å². The van der Waals surface area contributed by atoms with Crippen molar-refractivity contribution in [2.24, 2.45) is 0 Å². The first kappa shape index (κ1) is 19.3. The topological polar surface area (TPSA) is 87.0 Å². The van der Waals surface area contributed by atoms with Gasteiger partial charge in [-0.3, -0.25) is 0 Å². The number of hydrogen-bond acceptors (Lipinski definition) is 5. The maximum absolute atomic E-state index is 11.9. The predicted molar refractivity (Wildman–Crippen MR) is 88.6 cm³/mol. The number of phenolic OH excluding ortho intramolecular Hbond substituents is 2. The van der Waals surface area contributed by atoms with Crippen molar-refractivity contribution in [3.63, 3.8) is 0 Å². The molecule has 130 valence electrons. The number of benzene rings is 1. The quantitative estimate of drug-likeness (QED) is 0.450. The van der Waals surface area contributed by atoms with Gasteiger partial charge in [-0.05, 0) is 44.7 Å². The summed E-state index contributed by atoms with van der Waals surface area (Å²) in [7, 11) is 0. The van der Waals surface area contributed by atoms with Crippen molar-refractivity contribution >= 4 is 5.97 Å². The summed E-state index contributed by atoms with van der Waals surface area (Å²) < 4.78 is 5.28. The minimum absolute atomic E-state index is 0.0363. The summed E-state index contributed by atoms with van der Waals surface area (Å²) in [6.45, 7) is 3.92. The summed E-state index contributed by atoms with van der Waals surface area (Å²) in [5.74, 6) is -1.02. The monoisotopic (exact) mass is 324 g/mol. The number of carbonyl (C=O) groups excluding carboxylic acids is 1. The molecule has 0 aliphatic rings. The van der Waals surface area contributed by atoms with Gasteiger partial charge >= 0.3 is 5.97 Å². The summed E-state index contributed by atoms with van der Waals surface area (Å²) in [5, 5.41) is 28.7. The Morgan fingerprint density at radius 1 is 1.13 bits per heavy atom. The van der Waals surface area contributed by atoms with E-state index in [1.807, 2.05) is 0 Å². The van der Waals surface area contributed by atoms with Gasteiger partial charge in [0.1, 0.15) is 17.1 Å². The van der Waals surface area contributed by atoms with E-state index in [1.165, 1.54) is 12.1 Å². The second kappa shape index (κ2) is 10.1. The minimum Gasteiger partial charge on any atom is -0.508 e. The number of unbranched alkanes of at least 4 members (excludes halogenated alkanes) is 2. The number of carbonyl (C=O) groups is 1. The van der Waals surface area contributed by atoms with E-state index in [0.717, 1.165) is 38.2 Å². The lowest BCUT2D eigenvalue weighted by atomic mass is 10.0. The molecule has 0 aromatic heterocycles. The Kier molecular flexibility index (Phi) is 8.48. The highest BCUT2D eigenvalue weighted by Gasteiger charge is 2.16. The molecule has 1 rings (SSSR count). The first-order chi connectivity index (χ1) is 10.9. The van der Waals surface area contributed by atoms with Gasteiger partial charge in [0, 0.05) is 6.07 Å². The van der Waals surface area contributed by atoms with E-state index in [-0.39, 0.29) is 29.3 Å². The summed E-state index contributed by atoms with van der Waals surface area (Å²) in [5.41, 5.74) is 0.0363. The average molecular weight is 324 g/mol. The third-order valence-corrected chi connectivity index (χ3v) is 3.80. The largest absolute Gasteiger partial charge is 0.508 e. The fourth-order valence-electron chi connectivity index (χ4n) is 2.41. The molecule has 2 atom stereocenters.